The van der Waals surface area contributed by atoms with E-state index in [1.807, 2.05) is 0 Å². The first-order valence-corrected chi connectivity index (χ1v) is 8.18. The molecular weight excluding hydrogens is 272 g/mol. The van der Waals surface area contributed by atoms with Crippen LogP contribution in [0.1, 0.15) is 61.3 Å². The number of carboxylic acids is 1. The van der Waals surface area contributed by atoms with Gasteiger partial charge in [0.15, 0.2) is 5.13 Å². The number of hydrogen-bond donors (Lipinski definition) is 2. The smallest absolute Gasteiger partial charge is 0.347 e. The van der Waals surface area contributed by atoms with Crippen molar-refractivity contribution in [1.29, 1.82) is 0 Å². The average Bonchev–Trinajstić information content (AvgIpc) is 2.93. The van der Waals surface area contributed by atoms with Crippen molar-refractivity contribution in [2.45, 2.75) is 52.9 Å². The molecule has 112 valence electrons. The summed E-state index contributed by atoms with van der Waals surface area (Å²) in [5.41, 5.74) is 0.978. The van der Waals surface area contributed by atoms with Gasteiger partial charge in [-0.25, -0.2) is 9.78 Å². The lowest BCUT2D eigenvalue weighted by Gasteiger charge is -2.31. The third kappa shape index (κ3) is 3.51. The van der Waals surface area contributed by atoms with Crippen LogP contribution in [-0.4, -0.2) is 22.6 Å². The van der Waals surface area contributed by atoms with E-state index >= 15 is 0 Å². The second kappa shape index (κ2) is 6.12. The molecule has 5 heteroatoms. The van der Waals surface area contributed by atoms with Crippen LogP contribution in [0.2, 0.25) is 0 Å². The van der Waals surface area contributed by atoms with Crippen LogP contribution in [0.5, 0.6) is 0 Å². The molecule has 1 saturated carbocycles. The molecule has 0 amide bonds. The Morgan fingerprint density at radius 3 is 2.60 bits per heavy atom. The van der Waals surface area contributed by atoms with E-state index in [0.29, 0.717) is 21.9 Å². The molecule has 0 radical (unpaired) electrons. The first-order chi connectivity index (χ1) is 9.42. The first kappa shape index (κ1) is 15.3. The summed E-state index contributed by atoms with van der Waals surface area (Å²) >= 11 is 1.25. The van der Waals surface area contributed by atoms with E-state index in [0.717, 1.165) is 11.7 Å². The lowest BCUT2D eigenvalue weighted by atomic mass is 9.78. The third-order valence-corrected chi connectivity index (χ3v) is 5.21. The molecule has 2 N–H and O–H groups in total. The summed E-state index contributed by atoms with van der Waals surface area (Å²) in [5, 5.41) is 13.2. The van der Waals surface area contributed by atoms with Gasteiger partial charge in [-0.3, -0.25) is 0 Å². The van der Waals surface area contributed by atoms with E-state index in [1.165, 1.54) is 43.4 Å². The maximum Gasteiger partial charge on any atom is 0.347 e. The fourth-order valence-corrected chi connectivity index (χ4v) is 4.18. The van der Waals surface area contributed by atoms with Gasteiger partial charge in [-0.15, -0.1) is 0 Å². The average molecular weight is 296 g/mol. The summed E-state index contributed by atoms with van der Waals surface area (Å²) in [7, 11) is 0. The Balaban J connectivity index is 2.02. The van der Waals surface area contributed by atoms with Crippen molar-refractivity contribution in [2.24, 2.45) is 11.3 Å². The summed E-state index contributed by atoms with van der Waals surface area (Å²) < 4.78 is 0. The standard InChI is InChI=1S/C15H24N2O2S/c1-10(2)8-15(6-4-5-7-15)9-16-14-17-11(3)12(20-14)13(18)19/h10H,4-9H2,1-3H3,(H,16,17)(H,18,19). The molecule has 0 spiro atoms. The van der Waals surface area contributed by atoms with Gasteiger partial charge in [-0.2, -0.15) is 0 Å². The molecule has 4 nitrogen and oxygen atoms in total. The number of nitrogens with one attached hydrogen (secondary N) is 1. The molecule has 1 aliphatic rings. The van der Waals surface area contributed by atoms with Gasteiger partial charge in [0, 0.05) is 6.54 Å². The lowest BCUT2D eigenvalue weighted by molar-refractivity contribution is 0.0701. The number of aromatic nitrogens is 1. The molecule has 1 fully saturated rings. The molecule has 0 atom stereocenters. The molecule has 0 unspecified atom stereocenters. The Labute approximate surface area is 124 Å². The normalized spacial score (nSPS) is 17.6. The zero-order valence-corrected chi connectivity index (χ0v) is 13.3. The van der Waals surface area contributed by atoms with Gasteiger partial charge in [0.1, 0.15) is 4.88 Å². The van der Waals surface area contributed by atoms with Gasteiger partial charge in [0.25, 0.3) is 0 Å². The van der Waals surface area contributed by atoms with Crippen LogP contribution in [0.4, 0.5) is 5.13 Å². The topological polar surface area (TPSA) is 62.2 Å². The number of nitrogens with zero attached hydrogens (tertiary/aromatic N) is 1. The molecule has 0 aromatic carbocycles. The highest BCUT2D eigenvalue weighted by molar-refractivity contribution is 7.17. The predicted molar refractivity (Wildman–Crippen MR) is 82.7 cm³/mol. The Kier molecular flexibility index (Phi) is 4.68. The Morgan fingerprint density at radius 2 is 2.10 bits per heavy atom. The number of anilines is 1. The molecule has 1 aliphatic carbocycles. The molecule has 0 saturated heterocycles. The van der Waals surface area contributed by atoms with Crippen LogP contribution >= 0.6 is 11.3 Å². The molecular formula is C15H24N2O2S. The Morgan fingerprint density at radius 1 is 1.45 bits per heavy atom. The molecule has 1 aromatic rings. The van der Waals surface area contributed by atoms with Crippen LogP contribution < -0.4 is 5.32 Å². The molecule has 2 rings (SSSR count). The SMILES string of the molecule is Cc1nc(NCC2(CC(C)C)CCCC2)sc1C(=O)O. The second-order valence-electron chi connectivity index (χ2n) is 6.40. The Hall–Kier alpha value is -1.10. The Bertz CT molecular complexity index is 476. The molecule has 0 bridgehead atoms. The zero-order chi connectivity index (χ0) is 14.8. The molecule has 0 aliphatic heterocycles. The first-order valence-electron chi connectivity index (χ1n) is 7.36. The van der Waals surface area contributed by atoms with Crippen LogP contribution in [0, 0.1) is 18.3 Å². The van der Waals surface area contributed by atoms with E-state index in [1.54, 1.807) is 6.92 Å². The molecule has 1 aromatic heterocycles. The van der Waals surface area contributed by atoms with Crippen molar-refractivity contribution in [3.05, 3.63) is 10.6 Å². The fourth-order valence-electron chi connectivity index (χ4n) is 3.38. The maximum atomic E-state index is 11.0. The van der Waals surface area contributed by atoms with Crippen molar-refractivity contribution in [1.82, 2.24) is 4.98 Å². The van der Waals surface area contributed by atoms with Gasteiger partial charge >= 0.3 is 5.97 Å². The summed E-state index contributed by atoms with van der Waals surface area (Å²) in [6.45, 7) is 7.22. The van der Waals surface area contributed by atoms with Crippen LogP contribution in [0.15, 0.2) is 0 Å². The van der Waals surface area contributed by atoms with Crippen molar-refractivity contribution < 1.29 is 9.90 Å². The van der Waals surface area contributed by atoms with Crippen LogP contribution in [-0.2, 0) is 0 Å². The highest BCUT2D eigenvalue weighted by Gasteiger charge is 2.34. The van der Waals surface area contributed by atoms with Crippen molar-refractivity contribution in [2.75, 3.05) is 11.9 Å². The number of carbonyl (C=O) groups is 1. The van der Waals surface area contributed by atoms with E-state index in [4.69, 9.17) is 5.11 Å². The number of aryl methyl sites for hydroxylation is 1. The lowest BCUT2D eigenvalue weighted by Crippen LogP contribution is -2.28. The second-order valence-corrected chi connectivity index (χ2v) is 7.40. The fraction of sp³-hybridized carbons (Fsp3) is 0.733. The van der Waals surface area contributed by atoms with Gasteiger partial charge in [-0.05, 0) is 37.5 Å². The largest absolute Gasteiger partial charge is 0.477 e. The number of rotatable bonds is 6. The van der Waals surface area contributed by atoms with Gasteiger partial charge in [0.2, 0.25) is 0 Å². The monoisotopic (exact) mass is 296 g/mol. The van der Waals surface area contributed by atoms with E-state index < -0.39 is 5.97 Å². The quantitative estimate of drug-likeness (QED) is 0.827. The van der Waals surface area contributed by atoms with Crippen molar-refractivity contribution >= 4 is 22.4 Å². The minimum atomic E-state index is -0.884. The maximum absolute atomic E-state index is 11.0. The summed E-state index contributed by atoms with van der Waals surface area (Å²) in [6, 6.07) is 0. The van der Waals surface area contributed by atoms with Crippen LogP contribution in [0.3, 0.4) is 0 Å². The summed E-state index contributed by atoms with van der Waals surface area (Å²) in [6.07, 6.45) is 6.40. The predicted octanol–water partition coefficient (Wildman–Crippen LogP) is 4.17. The minimum absolute atomic E-state index is 0.344. The van der Waals surface area contributed by atoms with E-state index in [-0.39, 0.29) is 0 Å². The minimum Gasteiger partial charge on any atom is -0.477 e. The summed E-state index contributed by atoms with van der Waals surface area (Å²) in [5.74, 6) is -0.187. The molecule has 1 heterocycles. The van der Waals surface area contributed by atoms with Gasteiger partial charge in [0.05, 0.1) is 5.69 Å². The van der Waals surface area contributed by atoms with E-state index in [9.17, 15) is 4.79 Å². The number of thiazole rings is 1. The molecule has 20 heavy (non-hydrogen) atoms. The third-order valence-electron chi connectivity index (χ3n) is 4.11. The van der Waals surface area contributed by atoms with E-state index in [2.05, 4.69) is 24.1 Å². The van der Waals surface area contributed by atoms with Crippen molar-refractivity contribution in [3.8, 4) is 0 Å². The van der Waals surface area contributed by atoms with Gasteiger partial charge in [-0.1, -0.05) is 38.0 Å². The number of carboxylic acid groups (broad SMARTS) is 1. The van der Waals surface area contributed by atoms with Crippen LogP contribution in [0.25, 0.3) is 0 Å². The number of hydrogen-bond acceptors (Lipinski definition) is 4. The summed E-state index contributed by atoms with van der Waals surface area (Å²) in [4.78, 5) is 15.7. The van der Waals surface area contributed by atoms with Crippen molar-refractivity contribution in [3.63, 3.8) is 0 Å². The van der Waals surface area contributed by atoms with Gasteiger partial charge < -0.3 is 10.4 Å². The number of aromatic carboxylic acids is 1. The zero-order valence-electron chi connectivity index (χ0n) is 12.5. The highest BCUT2D eigenvalue weighted by Crippen LogP contribution is 2.43. The highest BCUT2D eigenvalue weighted by atomic mass is 32.1.